The Hall–Kier alpha value is -2.11. The Labute approximate surface area is 163 Å². The van der Waals surface area contributed by atoms with Crippen LogP contribution >= 0.6 is 23.2 Å². The Morgan fingerprint density at radius 3 is 1.50 bits per heavy atom. The predicted octanol–water partition coefficient (Wildman–Crippen LogP) is 4.53. The van der Waals surface area contributed by atoms with Crippen LogP contribution in [0.4, 0.5) is 4.79 Å². The first-order valence-corrected chi connectivity index (χ1v) is 9.17. The lowest BCUT2D eigenvalue weighted by atomic mass is 10.3. The quantitative estimate of drug-likeness (QED) is 0.579. The summed E-state index contributed by atoms with van der Waals surface area (Å²) in [7, 11) is 0. The van der Waals surface area contributed by atoms with Gasteiger partial charge >= 0.3 is 6.03 Å². The van der Waals surface area contributed by atoms with Gasteiger partial charge in [0.25, 0.3) is 0 Å². The van der Waals surface area contributed by atoms with Crippen LogP contribution in [0.1, 0.15) is 12.8 Å². The molecule has 26 heavy (non-hydrogen) atoms. The number of carbonyl (C=O) groups excluding carboxylic acids is 1. The van der Waals surface area contributed by atoms with E-state index in [1.165, 1.54) is 0 Å². The van der Waals surface area contributed by atoms with Crippen molar-refractivity contribution in [2.75, 3.05) is 26.3 Å². The molecule has 0 saturated heterocycles. The van der Waals surface area contributed by atoms with E-state index in [2.05, 4.69) is 10.6 Å². The fourth-order valence-corrected chi connectivity index (χ4v) is 2.30. The van der Waals surface area contributed by atoms with Crippen molar-refractivity contribution in [2.24, 2.45) is 0 Å². The third kappa shape index (κ3) is 8.32. The fraction of sp³-hybridized carbons (Fsp3) is 0.316. The summed E-state index contributed by atoms with van der Waals surface area (Å²) in [6.07, 6.45) is 1.44. The molecule has 0 aliphatic rings. The summed E-state index contributed by atoms with van der Waals surface area (Å²) in [6, 6.07) is 14.2. The summed E-state index contributed by atoms with van der Waals surface area (Å²) in [6.45, 7) is 2.13. The summed E-state index contributed by atoms with van der Waals surface area (Å²) >= 11 is 11.6. The van der Waals surface area contributed by atoms with Gasteiger partial charge in [0.2, 0.25) is 0 Å². The van der Waals surface area contributed by atoms with Crippen molar-refractivity contribution < 1.29 is 14.3 Å². The number of urea groups is 1. The highest BCUT2D eigenvalue weighted by molar-refractivity contribution is 6.30. The molecular formula is C19H22Cl2N2O3. The zero-order valence-corrected chi connectivity index (χ0v) is 15.9. The van der Waals surface area contributed by atoms with Crippen LogP contribution < -0.4 is 20.1 Å². The van der Waals surface area contributed by atoms with E-state index < -0.39 is 0 Å². The lowest BCUT2D eigenvalue weighted by Gasteiger charge is -2.09. The molecule has 0 aliphatic heterocycles. The summed E-state index contributed by atoms with van der Waals surface area (Å²) in [4.78, 5) is 11.7. The van der Waals surface area contributed by atoms with E-state index in [9.17, 15) is 4.79 Å². The fourth-order valence-electron chi connectivity index (χ4n) is 2.05. The van der Waals surface area contributed by atoms with Crippen LogP contribution in [0.3, 0.4) is 0 Å². The van der Waals surface area contributed by atoms with Crippen molar-refractivity contribution in [3.05, 3.63) is 58.6 Å². The normalized spacial score (nSPS) is 10.2. The minimum Gasteiger partial charge on any atom is -0.494 e. The van der Waals surface area contributed by atoms with E-state index in [1.54, 1.807) is 24.3 Å². The van der Waals surface area contributed by atoms with Crippen molar-refractivity contribution >= 4 is 29.2 Å². The molecule has 0 bridgehead atoms. The Morgan fingerprint density at radius 1 is 0.731 bits per heavy atom. The maximum atomic E-state index is 11.7. The zero-order chi connectivity index (χ0) is 18.6. The Kier molecular flexibility index (Phi) is 8.93. The summed E-state index contributed by atoms with van der Waals surface area (Å²) in [5.74, 6) is 1.53. The number of halogens is 2. The molecule has 5 nitrogen and oxygen atoms in total. The van der Waals surface area contributed by atoms with Gasteiger partial charge in [0.15, 0.2) is 0 Å². The van der Waals surface area contributed by atoms with Crippen LogP contribution in [-0.2, 0) is 0 Å². The van der Waals surface area contributed by atoms with Gasteiger partial charge in [-0.1, -0.05) is 23.2 Å². The van der Waals surface area contributed by atoms with E-state index in [1.807, 2.05) is 24.3 Å². The van der Waals surface area contributed by atoms with Gasteiger partial charge in [-0.15, -0.1) is 0 Å². The second-order valence-corrected chi connectivity index (χ2v) is 6.37. The van der Waals surface area contributed by atoms with E-state index in [4.69, 9.17) is 32.7 Å². The number of benzene rings is 2. The molecule has 0 saturated carbocycles. The molecule has 0 atom stereocenters. The third-order valence-corrected chi connectivity index (χ3v) is 3.88. The first-order chi connectivity index (χ1) is 12.6. The van der Waals surface area contributed by atoms with E-state index in [0.717, 1.165) is 24.3 Å². The van der Waals surface area contributed by atoms with Gasteiger partial charge in [0.1, 0.15) is 11.5 Å². The molecule has 0 fully saturated rings. The molecule has 0 heterocycles. The number of hydrogen-bond donors (Lipinski definition) is 2. The summed E-state index contributed by atoms with van der Waals surface area (Å²) in [5, 5.41) is 6.92. The number of amides is 2. The standard InChI is InChI=1S/C19H22Cl2N2O3/c20-15-3-7-17(8-4-15)25-13-1-11-22-19(24)23-12-2-14-26-18-9-5-16(21)6-10-18/h3-10H,1-2,11-14H2,(H2,22,23,24). The van der Waals surface area contributed by atoms with Crippen LogP contribution in [0, 0.1) is 0 Å². The van der Waals surface area contributed by atoms with E-state index in [-0.39, 0.29) is 6.03 Å². The number of nitrogens with one attached hydrogen (secondary N) is 2. The van der Waals surface area contributed by atoms with Gasteiger partial charge in [0, 0.05) is 23.1 Å². The number of carbonyl (C=O) groups is 1. The zero-order valence-electron chi connectivity index (χ0n) is 14.3. The lowest BCUT2D eigenvalue weighted by molar-refractivity contribution is 0.237. The topological polar surface area (TPSA) is 59.6 Å². The predicted molar refractivity (Wildman–Crippen MR) is 105 cm³/mol. The van der Waals surface area contributed by atoms with Gasteiger partial charge in [-0.05, 0) is 61.4 Å². The van der Waals surface area contributed by atoms with Crippen LogP contribution in [0.5, 0.6) is 11.5 Å². The van der Waals surface area contributed by atoms with Crippen LogP contribution in [0.2, 0.25) is 10.0 Å². The Morgan fingerprint density at radius 2 is 1.12 bits per heavy atom. The molecule has 2 N–H and O–H groups in total. The number of ether oxygens (including phenoxy) is 2. The van der Waals surface area contributed by atoms with Gasteiger partial charge in [-0.2, -0.15) is 0 Å². The summed E-state index contributed by atoms with van der Waals surface area (Å²) < 4.78 is 11.1. The van der Waals surface area contributed by atoms with Crippen LogP contribution in [-0.4, -0.2) is 32.3 Å². The molecule has 0 unspecified atom stereocenters. The van der Waals surface area contributed by atoms with Crippen molar-refractivity contribution in [3.63, 3.8) is 0 Å². The molecule has 2 aromatic carbocycles. The Bertz CT molecular complexity index is 606. The average Bonchev–Trinajstić information content (AvgIpc) is 2.64. The molecule has 0 radical (unpaired) electrons. The second-order valence-electron chi connectivity index (χ2n) is 5.49. The maximum Gasteiger partial charge on any atom is 0.314 e. The first-order valence-electron chi connectivity index (χ1n) is 8.42. The molecule has 0 aliphatic carbocycles. The Balaban J connectivity index is 1.45. The van der Waals surface area contributed by atoms with E-state index in [0.29, 0.717) is 36.3 Å². The molecule has 0 aromatic heterocycles. The van der Waals surface area contributed by atoms with Crippen molar-refractivity contribution in [1.82, 2.24) is 10.6 Å². The van der Waals surface area contributed by atoms with Gasteiger partial charge < -0.3 is 20.1 Å². The lowest BCUT2D eigenvalue weighted by Crippen LogP contribution is -2.37. The second kappa shape index (κ2) is 11.5. The van der Waals surface area contributed by atoms with Gasteiger partial charge in [0.05, 0.1) is 13.2 Å². The van der Waals surface area contributed by atoms with Crippen LogP contribution in [0.25, 0.3) is 0 Å². The highest BCUT2D eigenvalue weighted by atomic mass is 35.5. The molecule has 0 spiro atoms. The number of rotatable bonds is 10. The monoisotopic (exact) mass is 396 g/mol. The summed E-state index contributed by atoms with van der Waals surface area (Å²) in [5.41, 5.74) is 0. The largest absolute Gasteiger partial charge is 0.494 e. The minimum absolute atomic E-state index is 0.192. The highest BCUT2D eigenvalue weighted by Crippen LogP contribution is 2.16. The third-order valence-electron chi connectivity index (χ3n) is 3.38. The van der Waals surface area contributed by atoms with E-state index >= 15 is 0 Å². The highest BCUT2D eigenvalue weighted by Gasteiger charge is 2.00. The first kappa shape index (κ1) is 20.2. The molecule has 140 valence electrons. The van der Waals surface area contributed by atoms with Gasteiger partial charge in [-0.3, -0.25) is 0 Å². The van der Waals surface area contributed by atoms with Crippen LogP contribution in [0.15, 0.2) is 48.5 Å². The molecular weight excluding hydrogens is 375 g/mol. The van der Waals surface area contributed by atoms with Crippen molar-refractivity contribution in [1.29, 1.82) is 0 Å². The van der Waals surface area contributed by atoms with Crippen molar-refractivity contribution in [2.45, 2.75) is 12.8 Å². The van der Waals surface area contributed by atoms with Gasteiger partial charge in [-0.25, -0.2) is 4.79 Å². The SMILES string of the molecule is O=C(NCCCOc1ccc(Cl)cc1)NCCCOc1ccc(Cl)cc1. The molecule has 7 heteroatoms. The number of hydrogen-bond acceptors (Lipinski definition) is 3. The molecule has 2 amide bonds. The van der Waals surface area contributed by atoms with Crippen molar-refractivity contribution in [3.8, 4) is 11.5 Å². The minimum atomic E-state index is -0.192. The average molecular weight is 397 g/mol. The molecule has 2 rings (SSSR count). The molecule has 2 aromatic rings. The maximum absolute atomic E-state index is 11.7. The smallest absolute Gasteiger partial charge is 0.314 e.